The molecule has 12 N–H and O–H groups in total. The fourth-order valence-electron chi connectivity index (χ4n) is 9.81. The molecule has 1 aliphatic heterocycles. The summed E-state index contributed by atoms with van der Waals surface area (Å²) in [6, 6.07) is 13.3. The molecule has 2 aromatic rings. The highest BCUT2D eigenvalue weighted by Crippen LogP contribution is 2.18. The first-order valence-electron chi connectivity index (χ1n) is 30.1. The van der Waals surface area contributed by atoms with Crippen LogP contribution < -0.4 is 31.9 Å². The Kier molecular flexibility index (Phi) is 36.0. The minimum absolute atomic E-state index is 0.0282. The van der Waals surface area contributed by atoms with E-state index in [0.29, 0.717) is 69.0 Å². The maximum absolute atomic E-state index is 14.5. The number of hydrogen-bond acceptors (Lipinski definition) is 16. The van der Waals surface area contributed by atoms with Gasteiger partial charge in [0.05, 0.1) is 32.2 Å². The van der Waals surface area contributed by atoms with Crippen LogP contribution in [0.3, 0.4) is 0 Å². The Labute approximate surface area is 512 Å². The van der Waals surface area contributed by atoms with Crippen molar-refractivity contribution < 1.29 is 88.2 Å². The number of amides is 6. The standard InChI is InChI=1S/C60H90N10O18/c71-49(48(37-44-18-8-4-9-19-44)64-52(74)39-67-28-30-68(40-54(77)78)32-34-70(42-56(81)82)35-33-69(31-29-67)41-55(79)80)38-45(36-43-16-6-3-7-17-43)57(83)65-46(58(84)85)20-12-15-26-62-51(73)22-11-2-1-10-21-50(72)61-25-13-5-14-27-63-60(88)66-47(59(86)87)23-24-53(75)76/h3-4,6-9,16-19,45-48H,1-2,5,10-15,20-42H2,(H,61,72)(H,62,73)(H,64,74)(H,65,83)(H,75,76)(H,77,78)(H,79,80)(H,81,82)(H,84,85)(H,86,87)(H2,63,66,88)/t45?,46?,47-,48?/m0/s1. The number of unbranched alkanes of at least 4 members (excludes halogenated alkanes) is 6. The van der Waals surface area contributed by atoms with E-state index in [2.05, 4.69) is 31.9 Å². The van der Waals surface area contributed by atoms with Crippen LogP contribution in [-0.4, -0.2) is 238 Å². The fraction of sp³-hybridized carbons (Fsp3) is 0.600. The number of hydrogen-bond donors (Lipinski definition) is 12. The Morgan fingerprint density at radius 2 is 0.795 bits per heavy atom. The average Bonchev–Trinajstić information content (AvgIpc) is 2.58. The second-order valence-electron chi connectivity index (χ2n) is 21.9. The Balaban J connectivity index is 1.50. The van der Waals surface area contributed by atoms with Crippen LogP contribution >= 0.6 is 0 Å². The van der Waals surface area contributed by atoms with Gasteiger partial charge in [0.1, 0.15) is 12.1 Å². The van der Waals surface area contributed by atoms with Crippen molar-refractivity contribution in [2.75, 3.05) is 98.2 Å². The first kappa shape index (κ1) is 74.2. The van der Waals surface area contributed by atoms with E-state index in [4.69, 9.17) is 10.2 Å². The SMILES string of the molecule is O=C(O)CC[C@H](NC(=O)NCCCCCNC(=O)CCCCCCC(=O)NCCCCC(NC(=O)C(CC(=O)C(Cc1ccccc1)NC(=O)CN1CCN(CC(=O)O)CCN(CC(=O)O)CCN(CC(=O)O)CC1)Cc1ccccc1)C(=O)O)C(=O)O. The van der Waals surface area contributed by atoms with E-state index in [1.165, 1.54) is 0 Å². The predicted molar refractivity (Wildman–Crippen MR) is 320 cm³/mol. The van der Waals surface area contributed by atoms with Gasteiger partial charge >= 0.3 is 41.8 Å². The maximum Gasteiger partial charge on any atom is 0.326 e. The largest absolute Gasteiger partial charge is 0.481 e. The third-order valence-corrected chi connectivity index (χ3v) is 14.6. The fourth-order valence-corrected chi connectivity index (χ4v) is 9.81. The summed E-state index contributed by atoms with van der Waals surface area (Å²) < 4.78 is 0. The molecule has 1 aliphatic rings. The summed E-state index contributed by atoms with van der Waals surface area (Å²) >= 11 is 0. The Bertz CT molecular complexity index is 2510. The number of ketones is 1. The molecule has 6 amide bonds. The third kappa shape index (κ3) is 34.3. The van der Waals surface area contributed by atoms with Gasteiger partial charge in [0.2, 0.25) is 23.6 Å². The van der Waals surface area contributed by atoms with Gasteiger partial charge in [-0.15, -0.1) is 0 Å². The lowest BCUT2D eigenvalue weighted by molar-refractivity contribution is -0.143. The number of rotatable bonds is 42. The van der Waals surface area contributed by atoms with Crippen molar-refractivity contribution in [3.8, 4) is 0 Å². The molecule has 3 rings (SSSR count). The molecule has 2 aromatic carbocycles. The molecule has 0 radical (unpaired) electrons. The normalized spacial score (nSPS) is 15.1. The van der Waals surface area contributed by atoms with Crippen LogP contribution in [-0.2, 0) is 65.6 Å². The smallest absolute Gasteiger partial charge is 0.326 e. The number of carboxylic acid groups (broad SMARTS) is 6. The van der Waals surface area contributed by atoms with Gasteiger partial charge in [0.15, 0.2) is 5.78 Å². The van der Waals surface area contributed by atoms with Crippen LogP contribution in [0.5, 0.6) is 0 Å². The van der Waals surface area contributed by atoms with Gasteiger partial charge in [-0.2, -0.15) is 0 Å². The molecule has 0 bridgehead atoms. The van der Waals surface area contributed by atoms with E-state index in [0.717, 1.165) is 12.8 Å². The van der Waals surface area contributed by atoms with Crippen molar-refractivity contribution >= 4 is 71.3 Å². The highest BCUT2D eigenvalue weighted by atomic mass is 16.4. The molecular formula is C60H90N10O18. The zero-order chi connectivity index (χ0) is 64.6. The molecule has 1 saturated heterocycles. The lowest BCUT2D eigenvalue weighted by Gasteiger charge is -2.33. The predicted octanol–water partition coefficient (Wildman–Crippen LogP) is 1.11. The molecular weight excluding hydrogens is 1150 g/mol. The Hall–Kier alpha value is -8.08. The van der Waals surface area contributed by atoms with E-state index < -0.39 is 89.9 Å². The maximum atomic E-state index is 14.5. The molecule has 1 heterocycles. The lowest BCUT2D eigenvalue weighted by Crippen LogP contribution is -2.51. The summed E-state index contributed by atoms with van der Waals surface area (Å²) in [5.74, 6) is -10.2. The van der Waals surface area contributed by atoms with Crippen LogP contribution in [0.2, 0.25) is 0 Å². The molecule has 28 nitrogen and oxygen atoms in total. The first-order chi connectivity index (χ1) is 42.1. The highest BCUT2D eigenvalue weighted by Gasteiger charge is 2.32. The average molecular weight is 1240 g/mol. The molecule has 0 aromatic heterocycles. The van der Waals surface area contributed by atoms with Crippen molar-refractivity contribution in [3.63, 3.8) is 0 Å². The monoisotopic (exact) mass is 1240 g/mol. The molecule has 0 saturated carbocycles. The van der Waals surface area contributed by atoms with Gasteiger partial charge < -0.3 is 62.5 Å². The number of carboxylic acids is 6. The van der Waals surface area contributed by atoms with Gasteiger partial charge in [-0.25, -0.2) is 14.4 Å². The summed E-state index contributed by atoms with van der Waals surface area (Å²) in [6.07, 6.45) is 5.09. The zero-order valence-electron chi connectivity index (χ0n) is 50.1. The number of carbonyl (C=O) groups is 12. The lowest BCUT2D eigenvalue weighted by atomic mass is 9.89. The van der Waals surface area contributed by atoms with Crippen molar-refractivity contribution in [1.82, 2.24) is 51.5 Å². The van der Waals surface area contributed by atoms with E-state index >= 15 is 0 Å². The van der Waals surface area contributed by atoms with E-state index in [9.17, 15) is 78.0 Å². The van der Waals surface area contributed by atoms with Crippen LogP contribution in [0.1, 0.15) is 107 Å². The second kappa shape index (κ2) is 42.7. The van der Waals surface area contributed by atoms with Crippen molar-refractivity contribution in [2.45, 2.75) is 127 Å². The van der Waals surface area contributed by atoms with Crippen molar-refractivity contribution in [3.05, 3.63) is 71.8 Å². The Morgan fingerprint density at radius 1 is 0.386 bits per heavy atom. The molecule has 488 valence electrons. The topological polar surface area (TPSA) is 411 Å². The zero-order valence-corrected chi connectivity index (χ0v) is 50.1. The number of urea groups is 1. The van der Waals surface area contributed by atoms with Gasteiger partial charge in [-0.05, 0) is 81.8 Å². The van der Waals surface area contributed by atoms with Gasteiger partial charge in [-0.1, -0.05) is 73.5 Å². The van der Waals surface area contributed by atoms with Crippen LogP contribution in [0.4, 0.5) is 4.79 Å². The van der Waals surface area contributed by atoms with E-state index in [1.807, 2.05) is 0 Å². The number of carbonyl (C=O) groups excluding carboxylic acids is 6. The molecule has 0 spiro atoms. The molecule has 3 unspecified atom stereocenters. The molecule has 1 fully saturated rings. The first-order valence-corrected chi connectivity index (χ1v) is 30.1. The molecule has 0 aliphatic carbocycles. The quantitative estimate of drug-likeness (QED) is 0.0414. The van der Waals surface area contributed by atoms with Crippen molar-refractivity contribution in [2.24, 2.45) is 5.92 Å². The number of benzene rings is 2. The van der Waals surface area contributed by atoms with Crippen molar-refractivity contribution in [1.29, 1.82) is 0 Å². The molecule has 88 heavy (non-hydrogen) atoms. The summed E-state index contributed by atoms with van der Waals surface area (Å²) in [6.45, 7) is 1.06. The third-order valence-electron chi connectivity index (χ3n) is 14.6. The molecule has 28 heteroatoms. The highest BCUT2D eigenvalue weighted by molar-refractivity contribution is 5.94. The summed E-state index contributed by atoms with van der Waals surface area (Å²) in [7, 11) is 0. The minimum Gasteiger partial charge on any atom is -0.481 e. The van der Waals surface area contributed by atoms with Crippen LogP contribution in [0, 0.1) is 5.92 Å². The van der Waals surface area contributed by atoms with Crippen LogP contribution in [0.25, 0.3) is 0 Å². The summed E-state index contributed by atoms with van der Waals surface area (Å²) in [5.41, 5.74) is 1.41. The van der Waals surface area contributed by atoms with E-state index in [1.54, 1.807) is 80.3 Å². The van der Waals surface area contributed by atoms with Gasteiger partial charge in [-0.3, -0.25) is 62.8 Å². The van der Waals surface area contributed by atoms with Gasteiger partial charge in [0, 0.05) is 104 Å². The number of aliphatic carboxylic acids is 6. The molecule has 4 atom stereocenters. The van der Waals surface area contributed by atoms with Gasteiger partial charge in [0.25, 0.3) is 0 Å². The summed E-state index contributed by atoms with van der Waals surface area (Å²) in [4.78, 5) is 156. The van der Waals surface area contributed by atoms with E-state index in [-0.39, 0.29) is 142 Å². The summed E-state index contributed by atoms with van der Waals surface area (Å²) in [5, 5.41) is 73.0. The number of nitrogens with zero attached hydrogens (tertiary/aromatic N) is 4. The second-order valence-corrected chi connectivity index (χ2v) is 21.9. The number of nitrogens with one attached hydrogen (secondary N) is 6. The minimum atomic E-state index is -1.33. The van der Waals surface area contributed by atoms with Crippen LogP contribution in [0.15, 0.2) is 60.7 Å². The Morgan fingerprint density at radius 3 is 1.24 bits per heavy atom. The number of Topliss-reactive ketones (excluding diaryl/α,β-unsaturated/α-hetero) is 1.